The van der Waals surface area contributed by atoms with Gasteiger partial charge in [0.1, 0.15) is 11.5 Å². The summed E-state index contributed by atoms with van der Waals surface area (Å²) in [4.78, 5) is 15.0. The lowest BCUT2D eigenvalue weighted by molar-refractivity contribution is 0.0924. The Morgan fingerprint density at radius 1 is 0.926 bits per heavy atom. The van der Waals surface area contributed by atoms with Gasteiger partial charge in [0, 0.05) is 12.1 Å². The topological polar surface area (TPSA) is 50.8 Å². The molecule has 1 amide bonds. The van der Waals surface area contributed by atoms with Crippen LogP contribution in [0, 0.1) is 0 Å². The van der Waals surface area contributed by atoms with Crippen LogP contribution in [0.3, 0.4) is 0 Å². The molecule has 27 heavy (non-hydrogen) atoms. The molecule has 2 aromatic carbocycles. The lowest BCUT2D eigenvalue weighted by atomic mass is 10.0. The fourth-order valence-corrected chi connectivity index (χ4v) is 3.55. The van der Waals surface area contributed by atoms with Gasteiger partial charge in [-0.05, 0) is 67.9 Å². The lowest BCUT2D eigenvalue weighted by Gasteiger charge is -2.35. The van der Waals surface area contributed by atoms with Crippen molar-refractivity contribution in [2.75, 3.05) is 33.9 Å². The van der Waals surface area contributed by atoms with Gasteiger partial charge in [-0.1, -0.05) is 18.6 Å². The van der Waals surface area contributed by atoms with Crippen molar-refractivity contribution in [1.29, 1.82) is 0 Å². The average Bonchev–Trinajstić information content (AvgIpc) is 2.75. The highest BCUT2D eigenvalue weighted by atomic mass is 16.5. The van der Waals surface area contributed by atoms with Crippen LogP contribution in [0.4, 0.5) is 0 Å². The van der Waals surface area contributed by atoms with Gasteiger partial charge in [0.25, 0.3) is 5.91 Å². The van der Waals surface area contributed by atoms with Gasteiger partial charge >= 0.3 is 0 Å². The zero-order valence-corrected chi connectivity index (χ0v) is 16.1. The number of benzene rings is 2. The summed E-state index contributed by atoms with van der Waals surface area (Å²) in [5, 5.41) is 3.11. The number of piperidine rings is 1. The zero-order chi connectivity index (χ0) is 19.1. The van der Waals surface area contributed by atoms with E-state index in [1.165, 1.54) is 24.8 Å². The Morgan fingerprint density at radius 2 is 1.48 bits per heavy atom. The second kappa shape index (κ2) is 9.42. The molecule has 1 heterocycles. The Kier molecular flexibility index (Phi) is 6.71. The summed E-state index contributed by atoms with van der Waals surface area (Å²) in [6, 6.07) is 15.5. The van der Waals surface area contributed by atoms with Crippen LogP contribution in [-0.4, -0.2) is 44.7 Å². The first-order chi connectivity index (χ1) is 13.2. The van der Waals surface area contributed by atoms with E-state index in [1.807, 2.05) is 12.1 Å². The molecule has 5 nitrogen and oxygen atoms in total. The number of likely N-dealkylation sites (tertiary alicyclic amines) is 1. The molecule has 0 aliphatic carbocycles. The van der Waals surface area contributed by atoms with Crippen molar-refractivity contribution in [2.24, 2.45) is 0 Å². The van der Waals surface area contributed by atoms with Crippen LogP contribution in [0.15, 0.2) is 48.5 Å². The van der Waals surface area contributed by atoms with Gasteiger partial charge in [-0.15, -0.1) is 0 Å². The van der Waals surface area contributed by atoms with E-state index in [2.05, 4.69) is 22.3 Å². The van der Waals surface area contributed by atoms with Gasteiger partial charge in [0.05, 0.1) is 20.3 Å². The van der Waals surface area contributed by atoms with Crippen molar-refractivity contribution in [3.63, 3.8) is 0 Å². The number of hydrogen-bond donors (Lipinski definition) is 1. The summed E-state index contributed by atoms with van der Waals surface area (Å²) >= 11 is 0. The SMILES string of the molecule is COc1ccc(C(=O)NC[C@@H](c2ccc(OC)cc2)N2CCCCC2)cc1. The number of amides is 1. The van der Waals surface area contributed by atoms with E-state index < -0.39 is 0 Å². The van der Waals surface area contributed by atoms with Crippen molar-refractivity contribution in [1.82, 2.24) is 10.2 Å². The molecule has 144 valence electrons. The van der Waals surface area contributed by atoms with Gasteiger partial charge in [-0.25, -0.2) is 0 Å². The molecular weight excluding hydrogens is 340 g/mol. The monoisotopic (exact) mass is 368 g/mol. The minimum Gasteiger partial charge on any atom is -0.497 e. The van der Waals surface area contributed by atoms with E-state index >= 15 is 0 Å². The fourth-order valence-electron chi connectivity index (χ4n) is 3.55. The minimum absolute atomic E-state index is 0.0619. The third kappa shape index (κ3) is 5.01. The molecule has 2 aromatic rings. The van der Waals surface area contributed by atoms with Gasteiger partial charge in [-0.3, -0.25) is 9.69 Å². The smallest absolute Gasteiger partial charge is 0.251 e. The number of carbonyl (C=O) groups is 1. The van der Waals surface area contributed by atoms with E-state index in [0.29, 0.717) is 12.1 Å². The predicted octanol–water partition coefficient (Wildman–Crippen LogP) is 3.66. The average molecular weight is 368 g/mol. The first-order valence-electron chi connectivity index (χ1n) is 9.51. The standard InChI is InChI=1S/C22H28N2O3/c1-26-19-10-6-17(7-11-19)21(24-14-4-3-5-15-24)16-23-22(25)18-8-12-20(27-2)13-9-18/h6-13,21H,3-5,14-16H2,1-2H3,(H,23,25)/t21-/m0/s1. The predicted molar refractivity (Wildman–Crippen MR) is 106 cm³/mol. The number of nitrogens with one attached hydrogen (secondary N) is 1. The molecule has 1 N–H and O–H groups in total. The number of nitrogens with zero attached hydrogens (tertiary/aromatic N) is 1. The maximum absolute atomic E-state index is 12.6. The van der Waals surface area contributed by atoms with Gasteiger partial charge in [0.2, 0.25) is 0 Å². The summed E-state index contributed by atoms with van der Waals surface area (Å²) in [6.45, 7) is 2.71. The third-order valence-corrected chi connectivity index (χ3v) is 5.14. The molecule has 1 aliphatic heterocycles. The number of hydrogen-bond acceptors (Lipinski definition) is 4. The Hall–Kier alpha value is -2.53. The molecule has 0 bridgehead atoms. The molecule has 0 spiro atoms. The molecule has 1 fully saturated rings. The lowest BCUT2D eigenvalue weighted by Crippen LogP contribution is -2.40. The molecular formula is C22H28N2O3. The van der Waals surface area contributed by atoms with E-state index in [9.17, 15) is 4.79 Å². The van der Waals surface area contributed by atoms with E-state index in [0.717, 1.165) is 24.6 Å². The van der Waals surface area contributed by atoms with Crippen molar-refractivity contribution < 1.29 is 14.3 Å². The Morgan fingerprint density at radius 3 is 2.04 bits per heavy atom. The van der Waals surface area contributed by atoms with Crippen LogP contribution in [-0.2, 0) is 0 Å². The second-order valence-electron chi connectivity index (χ2n) is 6.82. The molecule has 0 saturated carbocycles. The van der Waals surface area contributed by atoms with Crippen LogP contribution in [0.25, 0.3) is 0 Å². The second-order valence-corrected chi connectivity index (χ2v) is 6.82. The van der Waals surface area contributed by atoms with E-state index in [-0.39, 0.29) is 11.9 Å². The first-order valence-corrected chi connectivity index (χ1v) is 9.51. The maximum atomic E-state index is 12.6. The largest absolute Gasteiger partial charge is 0.497 e. The number of rotatable bonds is 7. The first kappa shape index (κ1) is 19.2. The van der Waals surface area contributed by atoms with Crippen LogP contribution in [0.2, 0.25) is 0 Å². The molecule has 0 aromatic heterocycles. The number of methoxy groups -OCH3 is 2. The van der Waals surface area contributed by atoms with Crippen molar-refractivity contribution in [3.05, 3.63) is 59.7 Å². The Bertz CT molecular complexity index is 722. The molecule has 0 radical (unpaired) electrons. The minimum atomic E-state index is -0.0619. The quantitative estimate of drug-likeness (QED) is 0.810. The molecule has 0 unspecified atom stereocenters. The molecule has 5 heteroatoms. The molecule has 1 saturated heterocycles. The molecule has 3 rings (SSSR count). The van der Waals surface area contributed by atoms with Gasteiger partial charge in [0.15, 0.2) is 0 Å². The molecule has 1 aliphatic rings. The summed E-state index contributed by atoms with van der Waals surface area (Å²) in [5.41, 5.74) is 1.84. The van der Waals surface area contributed by atoms with Crippen molar-refractivity contribution in [3.8, 4) is 11.5 Å². The highest BCUT2D eigenvalue weighted by molar-refractivity contribution is 5.94. The highest BCUT2D eigenvalue weighted by Gasteiger charge is 2.23. The zero-order valence-electron chi connectivity index (χ0n) is 16.1. The van der Waals surface area contributed by atoms with E-state index in [4.69, 9.17) is 9.47 Å². The Balaban J connectivity index is 1.70. The Labute approximate surface area is 161 Å². The van der Waals surface area contributed by atoms with Crippen LogP contribution >= 0.6 is 0 Å². The van der Waals surface area contributed by atoms with Gasteiger partial charge < -0.3 is 14.8 Å². The maximum Gasteiger partial charge on any atom is 0.251 e. The molecule has 1 atom stereocenters. The fraction of sp³-hybridized carbons (Fsp3) is 0.409. The van der Waals surface area contributed by atoms with Crippen LogP contribution < -0.4 is 14.8 Å². The van der Waals surface area contributed by atoms with Crippen LogP contribution in [0.5, 0.6) is 11.5 Å². The number of ether oxygens (including phenoxy) is 2. The summed E-state index contributed by atoms with van der Waals surface area (Å²) in [5.74, 6) is 1.53. The normalized spacial score (nSPS) is 15.8. The van der Waals surface area contributed by atoms with Crippen molar-refractivity contribution >= 4 is 5.91 Å². The summed E-state index contributed by atoms with van der Waals surface area (Å²) in [7, 11) is 3.29. The summed E-state index contributed by atoms with van der Waals surface area (Å²) in [6.07, 6.45) is 3.70. The summed E-state index contributed by atoms with van der Waals surface area (Å²) < 4.78 is 10.4. The van der Waals surface area contributed by atoms with E-state index in [1.54, 1.807) is 38.5 Å². The third-order valence-electron chi connectivity index (χ3n) is 5.14. The number of carbonyl (C=O) groups excluding carboxylic acids is 1. The van der Waals surface area contributed by atoms with Crippen LogP contribution in [0.1, 0.15) is 41.2 Å². The van der Waals surface area contributed by atoms with Gasteiger partial charge in [-0.2, -0.15) is 0 Å². The highest BCUT2D eigenvalue weighted by Crippen LogP contribution is 2.26. The van der Waals surface area contributed by atoms with Crippen molar-refractivity contribution in [2.45, 2.75) is 25.3 Å².